The molecule has 0 saturated heterocycles. The van der Waals surface area contributed by atoms with E-state index in [0.29, 0.717) is 12.2 Å². The molecule has 0 atom stereocenters. The molecule has 0 aliphatic carbocycles. The lowest BCUT2D eigenvalue weighted by atomic mass is 10.1. The third-order valence-corrected chi connectivity index (χ3v) is 3.67. The molecule has 3 N–H and O–H groups in total. The maximum atomic E-state index is 13.1. The second-order valence-electron chi connectivity index (χ2n) is 5.87. The van der Waals surface area contributed by atoms with Crippen LogP contribution in [0.25, 0.3) is 0 Å². The number of hydrogen-bond donors (Lipinski definition) is 3. The molecule has 2 amide bonds. The average molecular weight is 379 g/mol. The van der Waals surface area contributed by atoms with Gasteiger partial charge in [-0.25, -0.2) is 0 Å². The van der Waals surface area contributed by atoms with Gasteiger partial charge in [-0.2, -0.15) is 13.2 Å². The van der Waals surface area contributed by atoms with Crippen molar-refractivity contribution in [2.45, 2.75) is 26.6 Å². The van der Waals surface area contributed by atoms with Crippen LogP contribution >= 0.6 is 0 Å². The summed E-state index contributed by atoms with van der Waals surface area (Å²) in [7, 11) is 0. The number of carbonyl (C=O) groups is 2. The highest BCUT2D eigenvalue weighted by atomic mass is 19.4. The van der Waals surface area contributed by atoms with Crippen molar-refractivity contribution in [3.63, 3.8) is 0 Å². The van der Waals surface area contributed by atoms with E-state index in [9.17, 15) is 22.8 Å². The highest BCUT2D eigenvalue weighted by Crippen LogP contribution is 2.32. The van der Waals surface area contributed by atoms with Gasteiger partial charge in [0.1, 0.15) is 0 Å². The SMILES string of the molecule is CCNCc1ccccc1NC(=O)c1cc(NC(C)=O)cc(C(F)(F)F)c1. The van der Waals surface area contributed by atoms with Crippen molar-refractivity contribution in [3.05, 3.63) is 59.2 Å². The van der Waals surface area contributed by atoms with E-state index in [0.717, 1.165) is 24.2 Å². The summed E-state index contributed by atoms with van der Waals surface area (Å²) in [5.41, 5.74) is -0.00114. The van der Waals surface area contributed by atoms with Gasteiger partial charge in [0.25, 0.3) is 5.91 Å². The first kappa shape index (κ1) is 20.4. The number of para-hydroxylation sites is 1. The van der Waals surface area contributed by atoms with Crippen LogP contribution in [0, 0.1) is 0 Å². The second kappa shape index (κ2) is 8.68. The first-order chi connectivity index (χ1) is 12.7. The van der Waals surface area contributed by atoms with E-state index in [1.54, 1.807) is 12.1 Å². The summed E-state index contributed by atoms with van der Waals surface area (Å²) >= 11 is 0. The predicted molar refractivity (Wildman–Crippen MR) is 97.5 cm³/mol. The fourth-order valence-electron chi connectivity index (χ4n) is 2.45. The van der Waals surface area contributed by atoms with Gasteiger partial charge in [-0.3, -0.25) is 9.59 Å². The minimum Gasteiger partial charge on any atom is -0.326 e. The number of hydrogen-bond acceptors (Lipinski definition) is 3. The molecule has 0 bridgehead atoms. The lowest BCUT2D eigenvalue weighted by molar-refractivity contribution is -0.137. The third kappa shape index (κ3) is 5.82. The van der Waals surface area contributed by atoms with Crippen LogP contribution in [-0.2, 0) is 17.5 Å². The molecule has 5 nitrogen and oxygen atoms in total. The Morgan fingerprint density at radius 1 is 1.04 bits per heavy atom. The molecule has 0 aromatic heterocycles. The highest BCUT2D eigenvalue weighted by Gasteiger charge is 2.32. The van der Waals surface area contributed by atoms with Gasteiger partial charge in [-0.05, 0) is 36.4 Å². The van der Waals surface area contributed by atoms with Gasteiger partial charge >= 0.3 is 6.18 Å². The van der Waals surface area contributed by atoms with Crippen LogP contribution in [0.2, 0.25) is 0 Å². The standard InChI is InChI=1S/C19H20F3N3O2/c1-3-23-11-13-6-4-5-7-17(13)25-18(27)14-8-15(19(20,21)22)10-16(9-14)24-12(2)26/h4-10,23H,3,11H2,1-2H3,(H,24,26)(H,25,27). The zero-order valence-electron chi connectivity index (χ0n) is 14.9. The third-order valence-electron chi connectivity index (χ3n) is 3.67. The molecule has 0 radical (unpaired) electrons. The molecule has 0 heterocycles. The Morgan fingerprint density at radius 2 is 1.74 bits per heavy atom. The van der Waals surface area contributed by atoms with Crippen molar-refractivity contribution in [1.29, 1.82) is 0 Å². The monoisotopic (exact) mass is 379 g/mol. The lowest BCUT2D eigenvalue weighted by Crippen LogP contribution is -2.18. The van der Waals surface area contributed by atoms with E-state index in [2.05, 4.69) is 16.0 Å². The number of anilines is 2. The van der Waals surface area contributed by atoms with Crippen molar-refractivity contribution in [3.8, 4) is 0 Å². The summed E-state index contributed by atoms with van der Waals surface area (Å²) in [5, 5.41) is 8.05. The Morgan fingerprint density at radius 3 is 2.37 bits per heavy atom. The Labute approximate surface area is 155 Å². The number of rotatable bonds is 6. The number of alkyl halides is 3. The van der Waals surface area contributed by atoms with E-state index in [-0.39, 0.29) is 11.3 Å². The minimum atomic E-state index is -4.65. The van der Waals surface area contributed by atoms with Crippen molar-refractivity contribution in [1.82, 2.24) is 5.32 Å². The van der Waals surface area contributed by atoms with Gasteiger partial charge in [0.05, 0.1) is 5.56 Å². The molecule has 0 fully saturated rings. The van der Waals surface area contributed by atoms with E-state index in [1.165, 1.54) is 13.0 Å². The van der Waals surface area contributed by atoms with E-state index in [1.807, 2.05) is 19.1 Å². The van der Waals surface area contributed by atoms with Crippen LogP contribution in [0.3, 0.4) is 0 Å². The Kier molecular flexibility index (Phi) is 6.57. The summed E-state index contributed by atoms with van der Waals surface area (Å²) in [6, 6.07) is 9.77. The molecule has 0 aliphatic heterocycles. The molecule has 2 aromatic rings. The zero-order chi connectivity index (χ0) is 20.0. The van der Waals surface area contributed by atoms with Gasteiger partial charge in [0.2, 0.25) is 5.91 Å². The summed E-state index contributed by atoms with van der Waals surface area (Å²) < 4.78 is 39.4. The quantitative estimate of drug-likeness (QED) is 0.710. The number of benzene rings is 2. The van der Waals surface area contributed by atoms with Crippen molar-refractivity contribution in [2.75, 3.05) is 17.2 Å². The summed E-state index contributed by atoms with van der Waals surface area (Å²) in [5.74, 6) is -1.23. The number of amides is 2. The average Bonchev–Trinajstić information content (AvgIpc) is 2.59. The molecule has 8 heteroatoms. The van der Waals surface area contributed by atoms with Crippen LogP contribution in [0.1, 0.15) is 35.3 Å². The molecule has 0 spiro atoms. The summed E-state index contributed by atoms with van der Waals surface area (Å²) in [6.45, 7) is 4.35. The van der Waals surface area contributed by atoms with E-state index in [4.69, 9.17) is 0 Å². The van der Waals surface area contributed by atoms with E-state index >= 15 is 0 Å². The fraction of sp³-hybridized carbons (Fsp3) is 0.263. The predicted octanol–water partition coefficient (Wildman–Crippen LogP) is 4.03. The van der Waals surface area contributed by atoms with Gasteiger partial charge in [0, 0.05) is 30.4 Å². The largest absolute Gasteiger partial charge is 0.416 e. The molecule has 2 rings (SSSR count). The summed E-state index contributed by atoms with van der Waals surface area (Å²) in [6.07, 6.45) is -4.65. The Balaban J connectivity index is 2.34. The number of halogens is 3. The topological polar surface area (TPSA) is 70.2 Å². The Hall–Kier alpha value is -2.87. The van der Waals surface area contributed by atoms with Crippen LogP contribution in [0.5, 0.6) is 0 Å². The summed E-state index contributed by atoms with van der Waals surface area (Å²) in [4.78, 5) is 23.7. The molecule has 27 heavy (non-hydrogen) atoms. The van der Waals surface area contributed by atoms with Crippen molar-refractivity contribution < 1.29 is 22.8 Å². The minimum absolute atomic E-state index is 0.0941. The van der Waals surface area contributed by atoms with Crippen molar-refractivity contribution in [2.24, 2.45) is 0 Å². The molecule has 0 unspecified atom stereocenters. The number of nitrogens with one attached hydrogen (secondary N) is 3. The molecule has 2 aromatic carbocycles. The van der Waals surface area contributed by atoms with Gasteiger partial charge in [-0.1, -0.05) is 25.1 Å². The molecule has 0 saturated carbocycles. The van der Waals surface area contributed by atoms with Crippen LogP contribution in [0.15, 0.2) is 42.5 Å². The molecular formula is C19H20F3N3O2. The maximum absolute atomic E-state index is 13.1. The van der Waals surface area contributed by atoms with Crippen LogP contribution in [-0.4, -0.2) is 18.4 Å². The van der Waals surface area contributed by atoms with Crippen molar-refractivity contribution >= 4 is 23.2 Å². The van der Waals surface area contributed by atoms with Crippen LogP contribution < -0.4 is 16.0 Å². The smallest absolute Gasteiger partial charge is 0.326 e. The zero-order valence-corrected chi connectivity index (χ0v) is 14.9. The Bertz CT molecular complexity index is 835. The first-order valence-electron chi connectivity index (χ1n) is 8.30. The molecule has 0 aliphatic rings. The molecular weight excluding hydrogens is 359 g/mol. The maximum Gasteiger partial charge on any atom is 0.416 e. The highest BCUT2D eigenvalue weighted by molar-refractivity contribution is 6.05. The molecule has 144 valence electrons. The first-order valence-corrected chi connectivity index (χ1v) is 8.30. The lowest BCUT2D eigenvalue weighted by Gasteiger charge is -2.14. The van der Waals surface area contributed by atoms with Gasteiger partial charge < -0.3 is 16.0 Å². The fourth-order valence-corrected chi connectivity index (χ4v) is 2.45. The van der Waals surface area contributed by atoms with E-state index < -0.39 is 23.6 Å². The second-order valence-corrected chi connectivity index (χ2v) is 5.87. The van der Waals surface area contributed by atoms with Crippen LogP contribution in [0.4, 0.5) is 24.5 Å². The normalized spacial score (nSPS) is 11.1. The number of carbonyl (C=O) groups excluding carboxylic acids is 2. The van der Waals surface area contributed by atoms with Gasteiger partial charge in [-0.15, -0.1) is 0 Å². The van der Waals surface area contributed by atoms with Gasteiger partial charge in [0.15, 0.2) is 0 Å².